The fourth-order valence-electron chi connectivity index (χ4n) is 2.30. The highest BCUT2D eigenvalue weighted by atomic mass is 16.5. The molecule has 0 bridgehead atoms. The third kappa shape index (κ3) is 4.31. The zero-order chi connectivity index (χ0) is 15.1. The highest BCUT2D eigenvalue weighted by molar-refractivity contribution is 5.30. The summed E-state index contributed by atoms with van der Waals surface area (Å²) in [5.74, 6) is 0.886. The lowest BCUT2D eigenvalue weighted by atomic mass is 10.1. The van der Waals surface area contributed by atoms with Gasteiger partial charge in [-0.1, -0.05) is 36.4 Å². The molecule has 0 heterocycles. The summed E-state index contributed by atoms with van der Waals surface area (Å²) in [6.45, 7) is 3.64. The van der Waals surface area contributed by atoms with E-state index in [1.807, 2.05) is 18.2 Å². The fraction of sp³-hybridized carbons (Fsp3) is 0.333. The molecule has 1 N–H and O–H groups in total. The molecule has 0 aliphatic rings. The second-order valence-electron chi connectivity index (χ2n) is 5.08. The van der Waals surface area contributed by atoms with Crippen molar-refractivity contribution in [3.63, 3.8) is 0 Å². The van der Waals surface area contributed by atoms with E-state index in [1.54, 1.807) is 14.2 Å². The summed E-state index contributed by atoms with van der Waals surface area (Å²) in [6.07, 6.45) is 0. The molecular formula is C18H23NO2. The van der Waals surface area contributed by atoms with Gasteiger partial charge in [0.2, 0.25) is 0 Å². The van der Waals surface area contributed by atoms with Crippen LogP contribution in [0.15, 0.2) is 48.5 Å². The SMILES string of the molecule is COCc1ccccc1CN[C@H](C)c1ccc(OC)cc1. The van der Waals surface area contributed by atoms with Crippen LogP contribution in [0.5, 0.6) is 5.75 Å². The van der Waals surface area contributed by atoms with E-state index in [0.29, 0.717) is 6.61 Å². The van der Waals surface area contributed by atoms with Gasteiger partial charge in [-0.3, -0.25) is 0 Å². The van der Waals surface area contributed by atoms with E-state index in [9.17, 15) is 0 Å². The molecule has 1 atom stereocenters. The molecule has 3 heteroatoms. The first kappa shape index (κ1) is 15.5. The molecule has 0 unspecified atom stereocenters. The molecule has 0 amide bonds. The van der Waals surface area contributed by atoms with Gasteiger partial charge in [-0.05, 0) is 35.7 Å². The number of methoxy groups -OCH3 is 2. The number of hydrogen-bond acceptors (Lipinski definition) is 3. The Morgan fingerprint density at radius 1 is 0.952 bits per heavy atom. The minimum Gasteiger partial charge on any atom is -0.497 e. The Balaban J connectivity index is 1.98. The Kier molecular flexibility index (Phi) is 5.78. The quantitative estimate of drug-likeness (QED) is 0.841. The van der Waals surface area contributed by atoms with Gasteiger partial charge in [0.15, 0.2) is 0 Å². The average Bonchev–Trinajstić information content (AvgIpc) is 2.54. The van der Waals surface area contributed by atoms with E-state index in [4.69, 9.17) is 9.47 Å². The van der Waals surface area contributed by atoms with Crippen molar-refractivity contribution < 1.29 is 9.47 Å². The molecule has 2 aromatic carbocycles. The number of hydrogen-bond donors (Lipinski definition) is 1. The summed E-state index contributed by atoms with van der Waals surface area (Å²) >= 11 is 0. The molecule has 0 aliphatic carbocycles. The highest BCUT2D eigenvalue weighted by Crippen LogP contribution is 2.18. The molecule has 112 valence electrons. The maximum Gasteiger partial charge on any atom is 0.118 e. The van der Waals surface area contributed by atoms with Crippen molar-refractivity contribution in [2.75, 3.05) is 14.2 Å². The monoisotopic (exact) mass is 285 g/mol. The lowest BCUT2D eigenvalue weighted by Gasteiger charge is -2.16. The summed E-state index contributed by atoms with van der Waals surface area (Å²) in [7, 11) is 3.41. The third-order valence-electron chi connectivity index (χ3n) is 3.63. The number of nitrogens with one attached hydrogen (secondary N) is 1. The van der Waals surface area contributed by atoms with Crippen LogP contribution in [0, 0.1) is 0 Å². The van der Waals surface area contributed by atoms with E-state index in [1.165, 1.54) is 16.7 Å². The van der Waals surface area contributed by atoms with Gasteiger partial charge < -0.3 is 14.8 Å². The number of ether oxygens (including phenoxy) is 2. The van der Waals surface area contributed by atoms with Crippen molar-refractivity contribution in [3.05, 3.63) is 65.2 Å². The number of rotatable bonds is 7. The van der Waals surface area contributed by atoms with Crippen LogP contribution in [0.3, 0.4) is 0 Å². The second-order valence-corrected chi connectivity index (χ2v) is 5.08. The van der Waals surface area contributed by atoms with Crippen molar-refractivity contribution in [2.24, 2.45) is 0 Å². The highest BCUT2D eigenvalue weighted by Gasteiger charge is 2.07. The normalized spacial score (nSPS) is 12.1. The molecule has 0 fully saturated rings. The van der Waals surface area contributed by atoms with Gasteiger partial charge in [-0.25, -0.2) is 0 Å². The third-order valence-corrected chi connectivity index (χ3v) is 3.63. The first-order valence-corrected chi connectivity index (χ1v) is 7.17. The van der Waals surface area contributed by atoms with Crippen molar-refractivity contribution in [2.45, 2.75) is 26.1 Å². The fourth-order valence-corrected chi connectivity index (χ4v) is 2.30. The molecule has 0 aliphatic heterocycles. The smallest absolute Gasteiger partial charge is 0.118 e. The Morgan fingerprint density at radius 3 is 2.24 bits per heavy atom. The molecule has 0 aromatic heterocycles. The topological polar surface area (TPSA) is 30.5 Å². The van der Waals surface area contributed by atoms with E-state index in [0.717, 1.165) is 12.3 Å². The molecule has 21 heavy (non-hydrogen) atoms. The largest absolute Gasteiger partial charge is 0.497 e. The summed E-state index contributed by atoms with van der Waals surface area (Å²) in [5.41, 5.74) is 3.76. The standard InChI is InChI=1S/C18H23NO2/c1-14(15-8-10-18(21-3)11-9-15)19-12-16-6-4-5-7-17(16)13-20-2/h4-11,14,19H,12-13H2,1-3H3/t14-/m1/s1. The van der Waals surface area contributed by atoms with Gasteiger partial charge >= 0.3 is 0 Å². The lowest BCUT2D eigenvalue weighted by molar-refractivity contribution is 0.184. The lowest BCUT2D eigenvalue weighted by Crippen LogP contribution is -2.19. The average molecular weight is 285 g/mol. The summed E-state index contributed by atoms with van der Waals surface area (Å²) in [4.78, 5) is 0. The maximum absolute atomic E-state index is 5.24. The molecule has 2 rings (SSSR count). The minimum absolute atomic E-state index is 0.284. The van der Waals surface area contributed by atoms with Crippen LogP contribution in [-0.4, -0.2) is 14.2 Å². The van der Waals surface area contributed by atoms with Crippen LogP contribution >= 0.6 is 0 Å². The maximum atomic E-state index is 5.24. The van der Waals surface area contributed by atoms with Crippen LogP contribution in [0.25, 0.3) is 0 Å². The van der Waals surface area contributed by atoms with Gasteiger partial charge in [0.05, 0.1) is 13.7 Å². The Bertz CT molecular complexity index is 551. The van der Waals surface area contributed by atoms with Crippen LogP contribution in [0.1, 0.15) is 29.7 Å². The zero-order valence-electron chi connectivity index (χ0n) is 12.9. The van der Waals surface area contributed by atoms with Gasteiger partial charge in [-0.15, -0.1) is 0 Å². The molecule has 0 radical (unpaired) electrons. The molecule has 3 nitrogen and oxygen atoms in total. The molecule has 0 saturated carbocycles. The van der Waals surface area contributed by atoms with Crippen LogP contribution in [-0.2, 0) is 17.9 Å². The zero-order valence-corrected chi connectivity index (χ0v) is 12.9. The first-order valence-electron chi connectivity index (χ1n) is 7.17. The van der Waals surface area contributed by atoms with Crippen LogP contribution < -0.4 is 10.1 Å². The van der Waals surface area contributed by atoms with Crippen molar-refractivity contribution in [3.8, 4) is 5.75 Å². The Hall–Kier alpha value is -1.84. The second kappa shape index (κ2) is 7.81. The molecule has 0 saturated heterocycles. The van der Waals surface area contributed by atoms with Crippen molar-refractivity contribution >= 4 is 0 Å². The van der Waals surface area contributed by atoms with Gasteiger partial charge in [-0.2, -0.15) is 0 Å². The number of benzene rings is 2. The summed E-state index contributed by atoms with van der Waals surface area (Å²) in [6, 6.07) is 16.8. The molecule has 2 aromatic rings. The van der Waals surface area contributed by atoms with Crippen LogP contribution in [0.4, 0.5) is 0 Å². The predicted octanol–water partition coefficient (Wildman–Crippen LogP) is 3.69. The van der Waals surface area contributed by atoms with Crippen molar-refractivity contribution in [1.82, 2.24) is 5.32 Å². The first-order chi connectivity index (χ1) is 10.2. The molecule has 0 spiro atoms. The van der Waals surface area contributed by atoms with Gasteiger partial charge in [0, 0.05) is 19.7 Å². The van der Waals surface area contributed by atoms with Crippen molar-refractivity contribution in [1.29, 1.82) is 0 Å². The van der Waals surface area contributed by atoms with E-state index in [2.05, 4.69) is 42.6 Å². The summed E-state index contributed by atoms with van der Waals surface area (Å²) < 4.78 is 10.4. The Morgan fingerprint density at radius 2 is 1.62 bits per heavy atom. The van der Waals surface area contributed by atoms with E-state index < -0.39 is 0 Å². The van der Waals surface area contributed by atoms with E-state index in [-0.39, 0.29) is 6.04 Å². The van der Waals surface area contributed by atoms with Gasteiger partial charge in [0.25, 0.3) is 0 Å². The minimum atomic E-state index is 0.284. The van der Waals surface area contributed by atoms with Crippen LogP contribution in [0.2, 0.25) is 0 Å². The van der Waals surface area contributed by atoms with E-state index >= 15 is 0 Å². The predicted molar refractivity (Wildman–Crippen MR) is 85.4 cm³/mol. The summed E-state index contributed by atoms with van der Waals surface area (Å²) in [5, 5.41) is 3.56. The molecular weight excluding hydrogens is 262 g/mol. The Labute approximate surface area is 126 Å². The van der Waals surface area contributed by atoms with Gasteiger partial charge in [0.1, 0.15) is 5.75 Å².